The maximum absolute atomic E-state index is 12.2. The Kier molecular flexibility index (Phi) is 5.53. The first-order chi connectivity index (χ1) is 11.5. The summed E-state index contributed by atoms with van der Waals surface area (Å²) in [6.45, 7) is 1.25. The number of nitrogens with one attached hydrogen (secondary N) is 1. The summed E-state index contributed by atoms with van der Waals surface area (Å²) >= 11 is 0. The van der Waals surface area contributed by atoms with Gasteiger partial charge in [-0.05, 0) is 36.4 Å². The zero-order chi connectivity index (χ0) is 17.5. The van der Waals surface area contributed by atoms with E-state index in [4.69, 9.17) is 14.7 Å². The monoisotopic (exact) mass is 324 g/mol. The number of methoxy groups -OCH3 is 1. The standard InChI is InChI=1S/C18H16N2O4/c1-12(21)20-15-6-4-14(5-7-15)16(22)11-24-17-8-3-13(10-19)9-18(17)23-2/h3-9H,11H2,1-2H3,(H,20,21). The molecule has 0 saturated heterocycles. The van der Waals surface area contributed by atoms with E-state index in [9.17, 15) is 9.59 Å². The fourth-order valence-corrected chi connectivity index (χ4v) is 2.03. The van der Waals surface area contributed by atoms with Crippen molar-refractivity contribution in [2.45, 2.75) is 6.92 Å². The van der Waals surface area contributed by atoms with E-state index < -0.39 is 0 Å². The number of hydrogen-bond donors (Lipinski definition) is 1. The average molecular weight is 324 g/mol. The van der Waals surface area contributed by atoms with Crippen molar-refractivity contribution in [2.24, 2.45) is 0 Å². The number of Topliss-reactive ketones (excluding diaryl/α,β-unsaturated/α-hetero) is 1. The lowest BCUT2D eigenvalue weighted by Crippen LogP contribution is -2.12. The van der Waals surface area contributed by atoms with Gasteiger partial charge in [-0.3, -0.25) is 9.59 Å². The van der Waals surface area contributed by atoms with E-state index in [1.165, 1.54) is 14.0 Å². The summed E-state index contributed by atoms with van der Waals surface area (Å²) in [6, 6.07) is 13.3. The van der Waals surface area contributed by atoms with Gasteiger partial charge < -0.3 is 14.8 Å². The fraction of sp³-hybridized carbons (Fsp3) is 0.167. The molecule has 1 N–H and O–H groups in total. The Morgan fingerprint density at radius 3 is 2.42 bits per heavy atom. The highest BCUT2D eigenvalue weighted by atomic mass is 16.5. The predicted molar refractivity (Wildman–Crippen MR) is 88.3 cm³/mol. The smallest absolute Gasteiger partial charge is 0.221 e. The number of hydrogen-bond acceptors (Lipinski definition) is 5. The van der Waals surface area contributed by atoms with Crippen molar-refractivity contribution in [3.8, 4) is 17.6 Å². The Morgan fingerprint density at radius 1 is 1.12 bits per heavy atom. The first kappa shape index (κ1) is 17.0. The van der Waals surface area contributed by atoms with Crippen LogP contribution in [0.2, 0.25) is 0 Å². The molecule has 0 spiro atoms. The lowest BCUT2D eigenvalue weighted by molar-refractivity contribution is -0.114. The topological polar surface area (TPSA) is 88.4 Å². The van der Waals surface area contributed by atoms with Gasteiger partial charge >= 0.3 is 0 Å². The van der Waals surface area contributed by atoms with Crippen molar-refractivity contribution < 1.29 is 19.1 Å². The molecule has 122 valence electrons. The van der Waals surface area contributed by atoms with Gasteiger partial charge in [-0.2, -0.15) is 5.26 Å². The van der Waals surface area contributed by atoms with E-state index in [0.29, 0.717) is 28.3 Å². The molecule has 0 heterocycles. The third-order valence-corrected chi connectivity index (χ3v) is 3.18. The minimum absolute atomic E-state index is 0.165. The highest BCUT2D eigenvalue weighted by Gasteiger charge is 2.10. The van der Waals surface area contributed by atoms with Crippen LogP contribution in [0.25, 0.3) is 0 Å². The van der Waals surface area contributed by atoms with Gasteiger partial charge in [0.2, 0.25) is 5.91 Å². The molecule has 0 saturated carbocycles. The van der Waals surface area contributed by atoms with Crippen LogP contribution in [0.1, 0.15) is 22.8 Å². The zero-order valence-electron chi connectivity index (χ0n) is 13.3. The zero-order valence-corrected chi connectivity index (χ0v) is 13.3. The quantitative estimate of drug-likeness (QED) is 0.825. The second-order valence-electron chi connectivity index (χ2n) is 4.95. The number of nitriles is 1. The predicted octanol–water partition coefficient (Wildman–Crippen LogP) is 2.79. The molecule has 2 aromatic carbocycles. The first-order valence-electron chi connectivity index (χ1n) is 7.15. The van der Waals surface area contributed by atoms with Crippen LogP contribution in [-0.4, -0.2) is 25.4 Å². The number of nitrogens with zero attached hydrogens (tertiary/aromatic N) is 1. The van der Waals surface area contributed by atoms with E-state index >= 15 is 0 Å². The number of carbonyl (C=O) groups excluding carboxylic acids is 2. The van der Waals surface area contributed by atoms with Crippen molar-refractivity contribution in [1.29, 1.82) is 5.26 Å². The number of ketones is 1. The van der Waals surface area contributed by atoms with E-state index in [0.717, 1.165) is 0 Å². The van der Waals surface area contributed by atoms with Crippen LogP contribution in [0.5, 0.6) is 11.5 Å². The van der Waals surface area contributed by atoms with Gasteiger partial charge in [0, 0.05) is 24.2 Å². The Labute approximate surface area is 139 Å². The third-order valence-electron chi connectivity index (χ3n) is 3.18. The van der Waals surface area contributed by atoms with E-state index in [1.54, 1.807) is 42.5 Å². The van der Waals surface area contributed by atoms with Crippen molar-refractivity contribution in [2.75, 3.05) is 19.0 Å². The van der Waals surface area contributed by atoms with Gasteiger partial charge in [0.15, 0.2) is 23.9 Å². The van der Waals surface area contributed by atoms with Crippen molar-refractivity contribution in [3.63, 3.8) is 0 Å². The average Bonchev–Trinajstić information content (AvgIpc) is 2.59. The fourth-order valence-electron chi connectivity index (χ4n) is 2.03. The number of amides is 1. The molecule has 0 bridgehead atoms. The van der Waals surface area contributed by atoms with E-state index in [-0.39, 0.29) is 18.3 Å². The summed E-state index contributed by atoms with van der Waals surface area (Å²) in [5.41, 5.74) is 1.53. The summed E-state index contributed by atoms with van der Waals surface area (Å²) in [4.78, 5) is 23.1. The van der Waals surface area contributed by atoms with Gasteiger partial charge in [-0.15, -0.1) is 0 Å². The van der Waals surface area contributed by atoms with Crippen molar-refractivity contribution >= 4 is 17.4 Å². The Morgan fingerprint density at radius 2 is 1.83 bits per heavy atom. The van der Waals surface area contributed by atoms with Crippen LogP contribution >= 0.6 is 0 Å². The highest BCUT2D eigenvalue weighted by molar-refractivity contribution is 5.98. The molecule has 6 nitrogen and oxygen atoms in total. The molecular weight excluding hydrogens is 308 g/mol. The number of rotatable bonds is 6. The van der Waals surface area contributed by atoms with Crippen LogP contribution in [0.15, 0.2) is 42.5 Å². The Bertz CT molecular complexity index is 792. The number of carbonyl (C=O) groups is 2. The van der Waals surface area contributed by atoms with Crippen LogP contribution in [-0.2, 0) is 4.79 Å². The largest absolute Gasteiger partial charge is 0.493 e. The van der Waals surface area contributed by atoms with Crippen molar-refractivity contribution in [1.82, 2.24) is 0 Å². The minimum Gasteiger partial charge on any atom is -0.493 e. The van der Waals surface area contributed by atoms with Crippen molar-refractivity contribution in [3.05, 3.63) is 53.6 Å². The first-order valence-corrected chi connectivity index (χ1v) is 7.15. The Hall–Kier alpha value is -3.33. The minimum atomic E-state index is -0.212. The molecule has 2 aromatic rings. The lowest BCUT2D eigenvalue weighted by atomic mass is 10.1. The van der Waals surface area contributed by atoms with Gasteiger partial charge in [0.05, 0.1) is 18.7 Å². The third kappa shape index (κ3) is 4.34. The lowest BCUT2D eigenvalue weighted by Gasteiger charge is -2.10. The van der Waals surface area contributed by atoms with Crippen LogP contribution in [0, 0.1) is 11.3 Å². The van der Waals surface area contributed by atoms with Crippen LogP contribution in [0.3, 0.4) is 0 Å². The molecule has 6 heteroatoms. The molecule has 0 aromatic heterocycles. The molecular formula is C18H16N2O4. The number of benzene rings is 2. The molecule has 0 atom stereocenters. The normalized spacial score (nSPS) is 9.71. The number of ether oxygens (including phenoxy) is 2. The molecule has 0 unspecified atom stereocenters. The molecule has 0 radical (unpaired) electrons. The van der Waals surface area contributed by atoms with Gasteiger partial charge in [-0.1, -0.05) is 0 Å². The summed E-state index contributed by atoms with van der Waals surface area (Å²) in [7, 11) is 1.46. The van der Waals surface area contributed by atoms with Crippen LogP contribution in [0.4, 0.5) is 5.69 Å². The van der Waals surface area contributed by atoms with E-state index in [2.05, 4.69) is 5.32 Å². The molecule has 24 heavy (non-hydrogen) atoms. The second-order valence-corrected chi connectivity index (χ2v) is 4.95. The summed E-state index contributed by atoms with van der Waals surface area (Å²) in [6.07, 6.45) is 0. The molecule has 0 aliphatic carbocycles. The maximum Gasteiger partial charge on any atom is 0.221 e. The molecule has 0 aliphatic heterocycles. The molecule has 2 rings (SSSR count). The SMILES string of the molecule is COc1cc(C#N)ccc1OCC(=O)c1ccc(NC(C)=O)cc1. The van der Waals surface area contributed by atoms with Gasteiger partial charge in [0.1, 0.15) is 0 Å². The maximum atomic E-state index is 12.2. The molecule has 0 aliphatic rings. The second kappa shape index (κ2) is 7.79. The number of anilines is 1. The van der Waals surface area contributed by atoms with Gasteiger partial charge in [0.25, 0.3) is 0 Å². The summed E-state index contributed by atoms with van der Waals surface area (Å²) in [5, 5.41) is 11.5. The summed E-state index contributed by atoms with van der Waals surface area (Å²) in [5.74, 6) is 0.392. The Balaban J connectivity index is 2.03. The van der Waals surface area contributed by atoms with E-state index in [1.807, 2.05) is 6.07 Å². The van der Waals surface area contributed by atoms with Gasteiger partial charge in [-0.25, -0.2) is 0 Å². The highest BCUT2D eigenvalue weighted by Crippen LogP contribution is 2.28. The molecule has 1 amide bonds. The molecule has 0 fully saturated rings. The summed E-state index contributed by atoms with van der Waals surface area (Å²) < 4.78 is 10.6. The van der Waals surface area contributed by atoms with Crippen LogP contribution < -0.4 is 14.8 Å².